The zero-order valence-corrected chi connectivity index (χ0v) is 18.2. The SMILES string of the molecule is N[C@H]1CC[C@H](Nc2cc(Nc3ccc(C(=O)NCc4c[nH]cn4)cc3)c3nccn3n2)CC1. The maximum Gasteiger partial charge on any atom is 0.251 e. The van der Waals surface area contributed by atoms with Crippen LogP contribution < -0.4 is 21.7 Å². The molecule has 3 heterocycles. The first kappa shape index (κ1) is 21.0. The molecule has 0 radical (unpaired) electrons. The largest absolute Gasteiger partial charge is 0.366 e. The van der Waals surface area contributed by atoms with Gasteiger partial charge in [-0.3, -0.25) is 4.79 Å². The molecule has 5 rings (SSSR count). The molecular weight excluding hydrogens is 418 g/mol. The smallest absolute Gasteiger partial charge is 0.251 e. The predicted octanol–water partition coefficient (Wildman–Crippen LogP) is 2.81. The first-order valence-electron chi connectivity index (χ1n) is 11.1. The lowest BCUT2D eigenvalue weighted by Gasteiger charge is -2.27. The van der Waals surface area contributed by atoms with Gasteiger partial charge in [-0.15, -0.1) is 5.10 Å². The third-order valence-corrected chi connectivity index (χ3v) is 5.89. The van der Waals surface area contributed by atoms with Crippen LogP contribution in [-0.2, 0) is 6.54 Å². The Balaban J connectivity index is 1.28. The van der Waals surface area contributed by atoms with Gasteiger partial charge in [0.25, 0.3) is 5.91 Å². The van der Waals surface area contributed by atoms with Crippen LogP contribution in [-0.4, -0.2) is 42.6 Å². The molecule has 0 atom stereocenters. The Bertz CT molecular complexity index is 1210. The molecule has 1 amide bonds. The number of H-pyrrole nitrogens is 1. The fourth-order valence-corrected chi connectivity index (χ4v) is 4.07. The van der Waals surface area contributed by atoms with E-state index in [2.05, 4.69) is 36.0 Å². The summed E-state index contributed by atoms with van der Waals surface area (Å²) >= 11 is 0. The number of rotatable bonds is 7. The number of nitrogens with one attached hydrogen (secondary N) is 4. The van der Waals surface area contributed by atoms with Gasteiger partial charge in [0.05, 0.1) is 24.3 Å². The highest BCUT2D eigenvalue weighted by Crippen LogP contribution is 2.26. The Kier molecular flexibility index (Phi) is 5.90. The number of amides is 1. The fourth-order valence-electron chi connectivity index (χ4n) is 4.07. The molecule has 0 saturated heterocycles. The van der Waals surface area contributed by atoms with Crippen LogP contribution in [0.25, 0.3) is 5.65 Å². The first-order chi connectivity index (χ1) is 16.1. The van der Waals surface area contributed by atoms with Crippen molar-refractivity contribution in [2.45, 2.75) is 44.3 Å². The van der Waals surface area contributed by atoms with Crippen molar-refractivity contribution in [3.8, 4) is 0 Å². The Morgan fingerprint density at radius 3 is 2.73 bits per heavy atom. The van der Waals surface area contributed by atoms with Crippen LogP contribution in [0.2, 0.25) is 0 Å². The lowest BCUT2D eigenvalue weighted by atomic mass is 9.92. The minimum Gasteiger partial charge on any atom is -0.366 e. The van der Waals surface area contributed by atoms with Gasteiger partial charge in [0, 0.05) is 48.0 Å². The number of hydrogen-bond donors (Lipinski definition) is 5. The van der Waals surface area contributed by atoms with E-state index in [1.807, 2.05) is 24.4 Å². The van der Waals surface area contributed by atoms with E-state index in [4.69, 9.17) is 5.73 Å². The van der Waals surface area contributed by atoms with Gasteiger partial charge in [-0.1, -0.05) is 0 Å². The molecule has 1 saturated carbocycles. The number of nitrogens with zero attached hydrogens (tertiary/aromatic N) is 4. The standard InChI is InChI=1S/C23H27N9O/c24-16-3-7-18(8-4-16)30-21-11-20(22-26-9-10-32(22)31-21)29-17-5-1-15(2-6-17)23(33)27-13-19-12-25-14-28-19/h1-2,5-6,9-12,14,16,18,29H,3-4,7-8,13,24H2,(H,25,28)(H,27,33)(H,30,31)/t16-,18-. The lowest BCUT2D eigenvalue weighted by Crippen LogP contribution is -2.33. The van der Waals surface area contributed by atoms with Crippen LogP contribution in [0, 0.1) is 0 Å². The highest BCUT2D eigenvalue weighted by atomic mass is 16.1. The van der Waals surface area contributed by atoms with Crippen LogP contribution in [0.4, 0.5) is 17.2 Å². The Morgan fingerprint density at radius 1 is 1.15 bits per heavy atom. The van der Waals surface area contributed by atoms with Crippen LogP contribution in [0.3, 0.4) is 0 Å². The molecule has 1 fully saturated rings. The summed E-state index contributed by atoms with van der Waals surface area (Å²) in [5.41, 5.74) is 9.81. The number of anilines is 3. The topological polar surface area (TPSA) is 138 Å². The zero-order chi connectivity index (χ0) is 22.6. The summed E-state index contributed by atoms with van der Waals surface area (Å²) in [6.07, 6.45) is 11.0. The molecule has 0 spiro atoms. The highest BCUT2D eigenvalue weighted by Gasteiger charge is 2.19. The van der Waals surface area contributed by atoms with Crippen molar-refractivity contribution in [3.05, 3.63) is 66.5 Å². The van der Waals surface area contributed by atoms with Crippen molar-refractivity contribution in [2.24, 2.45) is 5.73 Å². The van der Waals surface area contributed by atoms with Crippen LogP contribution in [0.15, 0.2) is 55.2 Å². The second kappa shape index (κ2) is 9.29. The fraction of sp³-hybridized carbons (Fsp3) is 0.304. The number of nitrogens with two attached hydrogens (primary N) is 1. The van der Waals surface area contributed by atoms with E-state index in [1.165, 1.54) is 0 Å². The number of imidazole rings is 2. The lowest BCUT2D eigenvalue weighted by molar-refractivity contribution is 0.0950. The molecule has 10 heteroatoms. The van der Waals surface area contributed by atoms with E-state index in [1.54, 1.807) is 35.4 Å². The summed E-state index contributed by atoms with van der Waals surface area (Å²) in [5.74, 6) is 0.639. The quantitative estimate of drug-likeness (QED) is 0.295. The molecular formula is C23H27N9O. The first-order valence-corrected chi connectivity index (χ1v) is 11.1. The third-order valence-electron chi connectivity index (χ3n) is 5.89. The summed E-state index contributed by atoms with van der Waals surface area (Å²) in [5, 5.41) is 14.5. The molecule has 0 bridgehead atoms. The normalized spacial score (nSPS) is 18.2. The number of aromatic amines is 1. The minimum atomic E-state index is -0.150. The molecule has 3 aromatic heterocycles. The maximum absolute atomic E-state index is 12.4. The van der Waals surface area contributed by atoms with Crippen molar-refractivity contribution in [1.82, 2.24) is 29.9 Å². The van der Waals surface area contributed by atoms with E-state index >= 15 is 0 Å². The highest BCUT2D eigenvalue weighted by molar-refractivity contribution is 5.94. The van der Waals surface area contributed by atoms with Crippen LogP contribution >= 0.6 is 0 Å². The Hall–Kier alpha value is -3.92. The number of carbonyl (C=O) groups is 1. The summed E-state index contributed by atoms with van der Waals surface area (Å²) in [6.45, 7) is 0.375. The zero-order valence-electron chi connectivity index (χ0n) is 18.2. The molecule has 10 nitrogen and oxygen atoms in total. The molecule has 4 aromatic rings. The van der Waals surface area contributed by atoms with E-state index in [0.717, 1.165) is 54.2 Å². The summed E-state index contributed by atoms with van der Waals surface area (Å²) < 4.78 is 1.76. The number of aromatic nitrogens is 5. The van der Waals surface area contributed by atoms with Gasteiger partial charge < -0.3 is 26.7 Å². The van der Waals surface area contributed by atoms with Gasteiger partial charge in [0.1, 0.15) is 5.82 Å². The Morgan fingerprint density at radius 2 is 1.97 bits per heavy atom. The second-order valence-corrected chi connectivity index (χ2v) is 8.34. The van der Waals surface area contributed by atoms with Crippen molar-refractivity contribution >= 4 is 28.7 Å². The molecule has 1 aliphatic carbocycles. The van der Waals surface area contributed by atoms with E-state index in [9.17, 15) is 4.79 Å². The number of benzene rings is 1. The maximum atomic E-state index is 12.4. The molecule has 1 aliphatic rings. The van der Waals surface area contributed by atoms with Crippen LogP contribution in [0.5, 0.6) is 0 Å². The average Bonchev–Trinajstić information content (AvgIpc) is 3.52. The molecule has 0 unspecified atom stereocenters. The van der Waals surface area contributed by atoms with E-state index < -0.39 is 0 Å². The van der Waals surface area contributed by atoms with Gasteiger partial charge in [0.15, 0.2) is 5.65 Å². The van der Waals surface area contributed by atoms with Gasteiger partial charge in [-0.05, 0) is 49.9 Å². The van der Waals surface area contributed by atoms with E-state index in [0.29, 0.717) is 24.2 Å². The summed E-state index contributed by atoms with van der Waals surface area (Å²) in [6, 6.07) is 9.97. The van der Waals surface area contributed by atoms with Crippen molar-refractivity contribution in [1.29, 1.82) is 0 Å². The van der Waals surface area contributed by atoms with Gasteiger partial charge in [-0.25, -0.2) is 14.5 Å². The summed E-state index contributed by atoms with van der Waals surface area (Å²) in [4.78, 5) is 23.8. The molecule has 1 aromatic carbocycles. The molecule has 170 valence electrons. The average molecular weight is 446 g/mol. The van der Waals surface area contributed by atoms with Gasteiger partial charge in [0.2, 0.25) is 0 Å². The molecule has 0 aliphatic heterocycles. The van der Waals surface area contributed by atoms with Gasteiger partial charge in [-0.2, -0.15) is 0 Å². The minimum absolute atomic E-state index is 0.150. The number of fused-ring (bicyclic) bond motifs is 1. The van der Waals surface area contributed by atoms with E-state index in [-0.39, 0.29) is 5.91 Å². The number of carbonyl (C=O) groups excluding carboxylic acids is 1. The predicted molar refractivity (Wildman–Crippen MR) is 126 cm³/mol. The number of hydrogen-bond acceptors (Lipinski definition) is 7. The summed E-state index contributed by atoms with van der Waals surface area (Å²) in [7, 11) is 0. The molecule has 33 heavy (non-hydrogen) atoms. The van der Waals surface area contributed by atoms with Crippen molar-refractivity contribution in [2.75, 3.05) is 10.6 Å². The molecule has 6 N–H and O–H groups in total. The Labute approximate surface area is 191 Å². The van der Waals surface area contributed by atoms with Crippen molar-refractivity contribution in [3.63, 3.8) is 0 Å². The van der Waals surface area contributed by atoms with Gasteiger partial charge >= 0.3 is 0 Å². The third kappa shape index (κ3) is 4.96. The van der Waals surface area contributed by atoms with Crippen LogP contribution in [0.1, 0.15) is 41.7 Å². The van der Waals surface area contributed by atoms with Crippen molar-refractivity contribution < 1.29 is 4.79 Å². The monoisotopic (exact) mass is 445 g/mol. The second-order valence-electron chi connectivity index (χ2n) is 8.34.